The molecule has 1 N–H and O–H groups in total. The Labute approximate surface area is 102 Å². The Bertz CT molecular complexity index is 332. The van der Waals surface area contributed by atoms with E-state index in [4.69, 9.17) is 9.84 Å². The minimum Gasteiger partial charge on any atom is -0.480 e. The van der Waals surface area contributed by atoms with Crippen LogP contribution in [0.3, 0.4) is 0 Å². The van der Waals surface area contributed by atoms with E-state index in [0.717, 1.165) is 0 Å². The summed E-state index contributed by atoms with van der Waals surface area (Å²) < 4.78 is 41.9. The Morgan fingerprint density at radius 3 is 2.39 bits per heavy atom. The number of carboxylic acids is 1. The number of carbonyl (C=O) groups is 2. The van der Waals surface area contributed by atoms with Gasteiger partial charge in [0.25, 0.3) is 5.91 Å². The smallest absolute Gasteiger partial charge is 0.406 e. The summed E-state index contributed by atoms with van der Waals surface area (Å²) in [6, 6.07) is 0. The number of ether oxygens (including phenoxy) is 1. The molecule has 5 nitrogen and oxygen atoms in total. The van der Waals surface area contributed by atoms with Crippen LogP contribution in [0.4, 0.5) is 13.2 Å². The Kier molecular flexibility index (Phi) is 4.55. The monoisotopic (exact) mass is 269 g/mol. The van der Waals surface area contributed by atoms with Crippen LogP contribution in [0.2, 0.25) is 0 Å². The van der Waals surface area contributed by atoms with Crippen LogP contribution in [0.1, 0.15) is 19.8 Å². The van der Waals surface area contributed by atoms with Crippen molar-refractivity contribution >= 4 is 11.9 Å². The van der Waals surface area contributed by atoms with E-state index in [0.29, 0.717) is 12.8 Å². The van der Waals surface area contributed by atoms with Gasteiger partial charge in [0.2, 0.25) is 0 Å². The van der Waals surface area contributed by atoms with Crippen LogP contribution in [-0.4, -0.2) is 53.4 Å². The largest absolute Gasteiger partial charge is 0.480 e. The molecule has 1 saturated heterocycles. The summed E-state index contributed by atoms with van der Waals surface area (Å²) in [6.07, 6.45) is -4.91. The van der Waals surface area contributed by atoms with E-state index >= 15 is 0 Å². The van der Waals surface area contributed by atoms with E-state index in [1.165, 1.54) is 0 Å². The van der Waals surface area contributed by atoms with Gasteiger partial charge in [-0.2, -0.15) is 13.2 Å². The molecule has 1 aliphatic heterocycles. The lowest BCUT2D eigenvalue weighted by Gasteiger charge is -2.24. The Morgan fingerprint density at radius 2 is 2.00 bits per heavy atom. The Balaban J connectivity index is 2.69. The van der Waals surface area contributed by atoms with Gasteiger partial charge in [0.1, 0.15) is 19.2 Å². The van der Waals surface area contributed by atoms with Gasteiger partial charge in [-0.05, 0) is 19.8 Å². The topological polar surface area (TPSA) is 66.8 Å². The summed E-state index contributed by atoms with van der Waals surface area (Å²) in [4.78, 5) is 22.5. The van der Waals surface area contributed by atoms with Crippen molar-refractivity contribution in [1.29, 1.82) is 0 Å². The van der Waals surface area contributed by atoms with Gasteiger partial charge in [0.15, 0.2) is 0 Å². The van der Waals surface area contributed by atoms with Crippen molar-refractivity contribution in [2.24, 2.45) is 0 Å². The Hall–Kier alpha value is -1.31. The molecule has 1 heterocycles. The first-order chi connectivity index (χ1) is 8.19. The van der Waals surface area contributed by atoms with Gasteiger partial charge in [-0.25, -0.2) is 0 Å². The zero-order chi connectivity index (χ0) is 13.9. The molecule has 0 spiro atoms. The summed E-state index contributed by atoms with van der Waals surface area (Å²) in [5, 5.41) is 8.52. The molecule has 1 rings (SSSR count). The molecule has 1 fully saturated rings. The molecule has 0 saturated carbocycles. The first-order valence-electron chi connectivity index (χ1n) is 5.42. The summed E-state index contributed by atoms with van der Waals surface area (Å²) in [5.41, 5.74) is 0. The fourth-order valence-corrected chi connectivity index (χ4v) is 1.78. The maximum Gasteiger partial charge on any atom is 0.406 e. The van der Waals surface area contributed by atoms with Crippen molar-refractivity contribution < 1.29 is 32.6 Å². The molecule has 1 aliphatic rings. The standard InChI is InChI=1S/C10H14F3NO4/c1-6-2-3-7(18-6)9(17)14(4-8(15)16)5-10(11,12)13/h6-7H,2-5H2,1H3,(H,15,16). The predicted molar refractivity (Wildman–Crippen MR) is 53.8 cm³/mol. The molecule has 104 valence electrons. The average molecular weight is 269 g/mol. The number of hydrogen-bond donors (Lipinski definition) is 1. The number of rotatable bonds is 4. The third kappa shape index (κ3) is 4.52. The quantitative estimate of drug-likeness (QED) is 0.827. The fourth-order valence-electron chi connectivity index (χ4n) is 1.78. The summed E-state index contributed by atoms with van der Waals surface area (Å²) >= 11 is 0. The molecule has 0 aromatic rings. The molecule has 0 aromatic carbocycles. The summed E-state index contributed by atoms with van der Waals surface area (Å²) in [5.74, 6) is -2.40. The van der Waals surface area contributed by atoms with Crippen LogP contribution in [0, 0.1) is 0 Å². The van der Waals surface area contributed by atoms with Crippen LogP contribution in [0.25, 0.3) is 0 Å². The van der Waals surface area contributed by atoms with E-state index in [1.54, 1.807) is 6.92 Å². The number of carbonyl (C=O) groups excluding carboxylic acids is 1. The third-order valence-electron chi connectivity index (χ3n) is 2.52. The average Bonchev–Trinajstić information content (AvgIpc) is 2.59. The maximum atomic E-state index is 12.3. The number of carboxylic acid groups (broad SMARTS) is 1. The second-order valence-electron chi connectivity index (χ2n) is 4.22. The van der Waals surface area contributed by atoms with Gasteiger partial charge in [-0.1, -0.05) is 0 Å². The van der Waals surface area contributed by atoms with Crippen LogP contribution in [0.15, 0.2) is 0 Å². The lowest BCUT2D eigenvalue weighted by atomic mass is 10.2. The second kappa shape index (κ2) is 5.55. The number of aliphatic carboxylic acids is 1. The van der Waals surface area contributed by atoms with Crippen molar-refractivity contribution in [2.75, 3.05) is 13.1 Å². The normalized spacial score (nSPS) is 24.0. The predicted octanol–water partition coefficient (Wildman–Crippen LogP) is 1.03. The number of halogens is 3. The first kappa shape index (κ1) is 14.7. The molecule has 2 unspecified atom stereocenters. The van der Waals surface area contributed by atoms with Gasteiger partial charge in [0, 0.05) is 0 Å². The van der Waals surface area contributed by atoms with Crippen molar-refractivity contribution in [1.82, 2.24) is 4.90 Å². The van der Waals surface area contributed by atoms with Crippen molar-refractivity contribution in [2.45, 2.75) is 38.1 Å². The number of amides is 1. The molecular formula is C10H14F3NO4. The van der Waals surface area contributed by atoms with Gasteiger partial charge >= 0.3 is 12.1 Å². The van der Waals surface area contributed by atoms with Crippen LogP contribution in [-0.2, 0) is 14.3 Å². The lowest BCUT2D eigenvalue weighted by molar-refractivity contribution is -0.171. The fraction of sp³-hybridized carbons (Fsp3) is 0.800. The number of hydrogen-bond acceptors (Lipinski definition) is 3. The molecular weight excluding hydrogens is 255 g/mol. The molecule has 0 aliphatic carbocycles. The maximum absolute atomic E-state index is 12.3. The zero-order valence-electron chi connectivity index (χ0n) is 9.74. The van der Waals surface area contributed by atoms with E-state index in [2.05, 4.69) is 0 Å². The minimum absolute atomic E-state index is 0.198. The summed E-state index contributed by atoms with van der Waals surface area (Å²) in [6.45, 7) is -0.850. The van der Waals surface area contributed by atoms with E-state index in [-0.39, 0.29) is 11.0 Å². The molecule has 1 amide bonds. The highest BCUT2D eigenvalue weighted by atomic mass is 19.4. The van der Waals surface area contributed by atoms with Crippen molar-refractivity contribution in [3.8, 4) is 0 Å². The van der Waals surface area contributed by atoms with Crippen molar-refractivity contribution in [3.05, 3.63) is 0 Å². The van der Waals surface area contributed by atoms with Gasteiger partial charge in [-0.15, -0.1) is 0 Å². The highest BCUT2D eigenvalue weighted by Crippen LogP contribution is 2.23. The lowest BCUT2D eigenvalue weighted by Crippen LogP contribution is -2.46. The molecule has 2 atom stereocenters. The summed E-state index contributed by atoms with van der Waals surface area (Å²) in [7, 11) is 0. The number of nitrogens with zero attached hydrogens (tertiary/aromatic N) is 1. The highest BCUT2D eigenvalue weighted by molar-refractivity contribution is 5.84. The number of alkyl halides is 3. The minimum atomic E-state index is -4.63. The zero-order valence-corrected chi connectivity index (χ0v) is 9.74. The van der Waals surface area contributed by atoms with Gasteiger partial charge in [-0.3, -0.25) is 9.59 Å². The molecule has 0 radical (unpaired) electrons. The van der Waals surface area contributed by atoms with Crippen LogP contribution in [0.5, 0.6) is 0 Å². The van der Waals surface area contributed by atoms with E-state index in [1.807, 2.05) is 0 Å². The van der Waals surface area contributed by atoms with Gasteiger partial charge < -0.3 is 14.7 Å². The molecule has 8 heteroatoms. The molecule has 0 aromatic heterocycles. The van der Waals surface area contributed by atoms with E-state index in [9.17, 15) is 22.8 Å². The highest BCUT2D eigenvalue weighted by Gasteiger charge is 2.38. The third-order valence-corrected chi connectivity index (χ3v) is 2.52. The van der Waals surface area contributed by atoms with Crippen molar-refractivity contribution in [3.63, 3.8) is 0 Å². The Morgan fingerprint density at radius 1 is 1.39 bits per heavy atom. The first-order valence-corrected chi connectivity index (χ1v) is 5.42. The molecule has 0 bridgehead atoms. The van der Waals surface area contributed by atoms with Crippen LogP contribution < -0.4 is 0 Å². The van der Waals surface area contributed by atoms with Gasteiger partial charge in [0.05, 0.1) is 6.10 Å². The van der Waals surface area contributed by atoms with E-state index < -0.39 is 37.2 Å². The van der Waals surface area contributed by atoms with Crippen LogP contribution >= 0.6 is 0 Å². The molecule has 18 heavy (non-hydrogen) atoms. The SMILES string of the molecule is CC1CCC(C(=O)N(CC(=O)O)CC(F)(F)F)O1. The second-order valence-corrected chi connectivity index (χ2v) is 4.22.